The molecule has 1 amide bonds. The average molecular weight is 325 g/mol. The Kier molecular flexibility index (Phi) is 6.49. The van der Waals surface area contributed by atoms with Crippen molar-refractivity contribution in [2.24, 2.45) is 5.92 Å². The Morgan fingerprint density at radius 1 is 1.00 bits per heavy atom. The van der Waals surface area contributed by atoms with Gasteiger partial charge in [0.25, 0.3) is 0 Å². The largest absolute Gasteiger partial charge is 0.338 e. The Bertz CT molecular complexity index is 351. The third-order valence-electron chi connectivity index (χ3n) is 5.67. The highest BCUT2D eigenvalue weighted by Gasteiger charge is 2.28. The number of likely N-dealkylation sites (tertiary alicyclic amines) is 1. The molecule has 3 rings (SSSR count). The van der Waals surface area contributed by atoms with Gasteiger partial charge in [0, 0.05) is 25.3 Å². The van der Waals surface area contributed by atoms with Crippen LogP contribution in [0, 0.1) is 5.92 Å². The number of thioether (sulfide) groups is 1. The van der Waals surface area contributed by atoms with E-state index >= 15 is 0 Å². The van der Waals surface area contributed by atoms with E-state index in [9.17, 15) is 4.79 Å². The number of hydrogen-bond acceptors (Lipinski definition) is 3. The molecule has 3 nitrogen and oxygen atoms in total. The predicted molar refractivity (Wildman–Crippen MR) is 94.3 cm³/mol. The van der Waals surface area contributed by atoms with Crippen molar-refractivity contribution in [3.05, 3.63) is 0 Å². The van der Waals surface area contributed by atoms with Crippen molar-refractivity contribution < 1.29 is 4.79 Å². The molecule has 1 unspecified atom stereocenters. The molecule has 0 aromatic rings. The highest BCUT2D eigenvalue weighted by atomic mass is 32.2. The predicted octanol–water partition coefficient (Wildman–Crippen LogP) is 3.39. The van der Waals surface area contributed by atoms with Gasteiger partial charge in [0.1, 0.15) is 0 Å². The standard InChI is InChI=1S/C18H32N2OS/c21-18(9-8-16-6-1-2-7-16)20-12-5-13-22-15-17(20)14-19-10-3-4-11-19/h16-17H,1-15H2. The van der Waals surface area contributed by atoms with Crippen LogP contribution in [0.3, 0.4) is 0 Å². The van der Waals surface area contributed by atoms with Crippen LogP contribution in [0.5, 0.6) is 0 Å². The zero-order valence-electron chi connectivity index (χ0n) is 14.0. The summed E-state index contributed by atoms with van der Waals surface area (Å²) in [5.74, 6) is 3.65. The van der Waals surface area contributed by atoms with Gasteiger partial charge in [-0.3, -0.25) is 4.79 Å². The fourth-order valence-corrected chi connectivity index (χ4v) is 5.40. The van der Waals surface area contributed by atoms with Crippen LogP contribution < -0.4 is 0 Å². The molecule has 3 fully saturated rings. The Morgan fingerprint density at radius 3 is 2.55 bits per heavy atom. The first-order valence-corrected chi connectivity index (χ1v) is 10.6. The summed E-state index contributed by atoms with van der Waals surface area (Å²) in [7, 11) is 0. The van der Waals surface area contributed by atoms with Crippen LogP contribution in [-0.2, 0) is 4.79 Å². The third-order valence-corrected chi connectivity index (χ3v) is 6.87. The van der Waals surface area contributed by atoms with E-state index in [2.05, 4.69) is 21.6 Å². The first-order chi connectivity index (χ1) is 10.8. The van der Waals surface area contributed by atoms with Gasteiger partial charge in [-0.2, -0.15) is 11.8 Å². The van der Waals surface area contributed by atoms with E-state index in [1.54, 1.807) is 0 Å². The van der Waals surface area contributed by atoms with Crippen LogP contribution in [0.4, 0.5) is 0 Å². The minimum Gasteiger partial charge on any atom is -0.338 e. The smallest absolute Gasteiger partial charge is 0.222 e. The second-order valence-electron chi connectivity index (χ2n) is 7.37. The molecule has 0 bridgehead atoms. The molecule has 0 spiro atoms. The lowest BCUT2D eigenvalue weighted by atomic mass is 10.0. The molecule has 22 heavy (non-hydrogen) atoms. The van der Waals surface area contributed by atoms with E-state index in [-0.39, 0.29) is 0 Å². The van der Waals surface area contributed by atoms with Gasteiger partial charge in [-0.05, 0) is 50.4 Å². The lowest BCUT2D eigenvalue weighted by Crippen LogP contribution is -2.47. The lowest BCUT2D eigenvalue weighted by molar-refractivity contribution is -0.133. The van der Waals surface area contributed by atoms with Crippen LogP contribution in [0.25, 0.3) is 0 Å². The number of hydrogen-bond donors (Lipinski definition) is 0. The molecular weight excluding hydrogens is 292 g/mol. The summed E-state index contributed by atoms with van der Waals surface area (Å²) in [6, 6.07) is 0.460. The molecular formula is C18H32N2OS. The highest BCUT2D eigenvalue weighted by Crippen LogP contribution is 2.29. The van der Waals surface area contributed by atoms with Gasteiger partial charge in [-0.1, -0.05) is 25.7 Å². The number of carbonyl (C=O) groups is 1. The van der Waals surface area contributed by atoms with Crippen molar-refractivity contribution in [2.75, 3.05) is 37.7 Å². The molecule has 0 radical (unpaired) electrons. The molecule has 0 N–H and O–H groups in total. The SMILES string of the molecule is O=C(CCC1CCCC1)N1CCCSCC1CN1CCCC1. The minimum absolute atomic E-state index is 0.443. The van der Waals surface area contributed by atoms with Gasteiger partial charge < -0.3 is 9.80 Å². The van der Waals surface area contributed by atoms with Crippen molar-refractivity contribution in [3.8, 4) is 0 Å². The van der Waals surface area contributed by atoms with Gasteiger partial charge in [-0.25, -0.2) is 0 Å². The number of nitrogens with zero attached hydrogens (tertiary/aromatic N) is 2. The zero-order valence-corrected chi connectivity index (χ0v) is 14.8. The molecule has 2 heterocycles. The Morgan fingerprint density at radius 2 is 1.77 bits per heavy atom. The van der Waals surface area contributed by atoms with E-state index in [1.165, 1.54) is 63.8 Å². The van der Waals surface area contributed by atoms with Crippen LogP contribution in [0.15, 0.2) is 0 Å². The Balaban J connectivity index is 1.52. The molecule has 1 atom stereocenters. The fourth-order valence-electron chi connectivity index (χ4n) is 4.34. The lowest BCUT2D eigenvalue weighted by Gasteiger charge is -2.33. The first-order valence-electron chi connectivity index (χ1n) is 9.42. The Hall–Kier alpha value is -0.220. The van der Waals surface area contributed by atoms with E-state index in [1.807, 2.05) is 0 Å². The van der Waals surface area contributed by atoms with E-state index in [0.29, 0.717) is 11.9 Å². The van der Waals surface area contributed by atoms with E-state index < -0.39 is 0 Å². The Labute approximate surface area is 140 Å². The van der Waals surface area contributed by atoms with Crippen LogP contribution in [-0.4, -0.2) is 59.4 Å². The zero-order chi connectivity index (χ0) is 15.2. The maximum absolute atomic E-state index is 12.8. The van der Waals surface area contributed by atoms with Gasteiger partial charge in [-0.15, -0.1) is 0 Å². The summed E-state index contributed by atoms with van der Waals surface area (Å²) < 4.78 is 0. The molecule has 0 aromatic heterocycles. The molecule has 126 valence electrons. The number of rotatable bonds is 5. The maximum Gasteiger partial charge on any atom is 0.222 e. The van der Waals surface area contributed by atoms with Crippen molar-refractivity contribution >= 4 is 17.7 Å². The van der Waals surface area contributed by atoms with E-state index in [4.69, 9.17) is 0 Å². The van der Waals surface area contributed by atoms with Crippen LogP contribution in [0.2, 0.25) is 0 Å². The monoisotopic (exact) mass is 324 g/mol. The summed E-state index contributed by atoms with van der Waals surface area (Å²) >= 11 is 2.05. The van der Waals surface area contributed by atoms with Crippen molar-refractivity contribution in [3.63, 3.8) is 0 Å². The quantitative estimate of drug-likeness (QED) is 0.774. The minimum atomic E-state index is 0.443. The fraction of sp³-hybridized carbons (Fsp3) is 0.944. The summed E-state index contributed by atoms with van der Waals surface area (Å²) in [6.07, 6.45) is 11.3. The molecule has 3 aliphatic rings. The highest BCUT2D eigenvalue weighted by molar-refractivity contribution is 7.99. The second kappa shape index (κ2) is 8.58. The van der Waals surface area contributed by atoms with Gasteiger partial charge in [0.15, 0.2) is 0 Å². The molecule has 2 aliphatic heterocycles. The van der Waals surface area contributed by atoms with Gasteiger partial charge in [0.05, 0.1) is 6.04 Å². The van der Waals surface area contributed by atoms with E-state index in [0.717, 1.165) is 37.6 Å². The van der Waals surface area contributed by atoms with Crippen molar-refractivity contribution in [2.45, 2.75) is 63.8 Å². The first kappa shape index (κ1) is 16.6. The third kappa shape index (κ3) is 4.64. The summed E-state index contributed by atoms with van der Waals surface area (Å²) in [5, 5.41) is 0. The normalized spacial score (nSPS) is 28.2. The molecule has 0 aromatic carbocycles. The number of amides is 1. The average Bonchev–Trinajstić information content (AvgIpc) is 3.16. The topological polar surface area (TPSA) is 23.6 Å². The van der Waals surface area contributed by atoms with Crippen LogP contribution in [0.1, 0.15) is 57.8 Å². The molecule has 1 saturated carbocycles. The van der Waals surface area contributed by atoms with Gasteiger partial charge >= 0.3 is 0 Å². The molecule has 1 aliphatic carbocycles. The summed E-state index contributed by atoms with van der Waals surface area (Å²) in [5.41, 5.74) is 0. The van der Waals surface area contributed by atoms with Gasteiger partial charge in [0.2, 0.25) is 5.91 Å². The number of carbonyl (C=O) groups excluding carboxylic acids is 1. The summed E-state index contributed by atoms with van der Waals surface area (Å²) in [6.45, 7) is 4.59. The second-order valence-corrected chi connectivity index (χ2v) is 8.52. The summed E-state index contributed by atoms with van der Waals surface area (Å²) in [4.78, 5) is 17.6. The van der Waals surface area contributed by atoms with Crippen molar-refractivity contribution in [1.29, 1.82) is 0 Å². The van der Waals surface area contributed by atoms with Crippen molar-refractivity contribution in [1.82, 2.24) is 9.80 Å². The maximum atomic E-state index is 12.8. The molecule has 2 saturated heterocycles. The molecule has 4 heteroatoms. The van der Waals surface area contributed by atoms with Crippen LogP contribution >= 0.6 is 11.8 Å².